The molecule has 1 atom stereocenters. The van der Waals surface area contributed by atoms with Crippen LogP contribution in [0.15, 0.2) is 23.8 Å². The van der Waals surface area contributed by atoms with E-state index < -0.39 is 0 Å². The van der Waals surface area contributed by atoms with Crippen LogP contribution < -0.4 is 0 Å². The first-order chi connectivity index (χ1) is 12.9. The average molecular weight is 367 g/mol. The molecule has 2 aromatic carbocycles. The van der Waals surface area contributed by atoms with Gasteiger partial charge in [-0.1, -0.05) is 38.0 Å². The van der Waals surface area contributed by atoms with Crippen molar-refractivity contribution in [2.24, 2.45) is 5.92 Å². The Hall–Kier alpha value is -2.46. The van der Waals surface area contributed by atoms with Crippen LogP contribution in [0.2, 0.25) is 0 Å². The zero-order chi connectivity index (χ0) is 19.7. The van der Waals surface area contributed by atoms with Gasteiger partial charge in [0.2, 0.25) is 0 Å². The Morgan fingerprint density at radius 2 is 1.93 bits per heavy atom. The van der Waals surface area contributed by atoms with Crippen molar-refractivity contribution in [1.82, 2.24) is 4.98 Å². The van der Waals surface area contributed by atoms with Gasteiger partial charge in [0.15, 0.2) is 0 Å². The second kappa shape index (κ2) is 7.65. The Morgan fingerprint density at radius 1 is 1.19 bits per heavy atom. The highest BCUT2D eigenvalue weighted by Gasteiger charge is 2.17. The maximum absolute atomic E-state index is 10.5. The molecule has 27 heavy (non-hydrogen) atoms. The first kappa shape index (κ1) is 19.3. The summed E-state index contributed by atoms with van der Waals surface area (Å²) < 4.78 is 0. The van der Waals surface area contributed by atoms with Crippen molar-refractivity contribution in [3.63, 3.8) is 0 Å². The van der Waals surface area contributed by atoms with Crippen LogP contribution in [0, 0.1) is 12.8 Å². The Bertz CT molecular complexity index is 1010. The number of phenolic OH excluding ortho intramolecular Hbond substituents is 2. The molecular formula is C23H29NO3. The van der Waals surface area contributed by atoms with Gasteiger partial charge in [0.05, 0.1) is 17.6 Å². The number of aromatic nitrogens is 1. The zero-order valence-corrected chi connectivity index (χ0v) is 16.6. The predicted molar refractivity (Wildman–Crippen MR) is 112 cm³/mol. The summed E-state index contributed by atoms with van der Waals surface area (Å²) in [7, 11) is 0. The molecule has 0 spiro atoms. The molecule has 0 saturated heterocycles. The summed E-state index contributed by atoms with van der Waals surface area (Å²) in [6, 6.07) is 5.02. The van der Waals surface area contributed by atoms with Crippen molar-refractivity contribution < 1.29 is 15.3 Å². The van der Waals surface area contributed by atoms with Gasteiger partial charge in [-0.2, -0.15) is 0 Å². The molecule has 4 N–H and O–H groups in total. The maximum Gasteiger partial charge on any atom is 0.139 e. The van der Waals surface area contributed by atoms with Crippen LogP contribution in [0.25, 0.3) is 27.9 Å². The SMILES string of the molecule is CCC(C)CCC(C)=Cc1c(C)c(O)cc2c1[nH]c1c(O)ccc(CO)c12. The predicted octanol–water partition coefficient (Wildman–Crippen LogP) is 5.76. The van der Waals surface area contributed by atoms with E-state index in [-0.39, 0.29) is 18.1 Å². The molecule has 3 rings (SSSR count). The summed E-state index contributed by atoms with van der Waals surface area (Å²) >= 11 is 0. The average Bonchev–Trinajstić information content (AvgIpc) is 3.04. The minimum absolute atomic E-state index is 0.128. The molecule has 1 unspecified atom stereocenters. The van der Waals surface area contributed by atoms with Gasteiger partial charge in [-0.15, -0.1) is 0 Å². The Labute approximate surface area is 160 Å². The van der Waals surface area contributed by atoms with Crippen LogP contribution in [-0.4, -0.2) is 20.3 Å². The molecule has 1 aromatic heterocycles. The van der Waals surface area contributed by atoms with Crippen LogP contribution in [0.1, 0.15) is 56.7 Å². The van der Waals surface area contributed by atoms with E-state index in [0.29, 0.717) is 11.4 Å². The van der Waals surface area contributed by atoms with Gasteiger partial charge >= 0.3 is 0 Å². The van der Waals surface area contributed by atoms with Gasteiger partial charge in [-0.25, -0.2) is 0 Å². The number of hydrogen-bond acceptors (Lipinski definition) is 3. The first-order valence-corrected chi connectivity index (χ1v) is 9.64. The highest BCUT2D eigenvalue weighted by Crippen LogP contribution is 2.39. The third-order valence-corrected chi connectivity index (χ3v) is 5.69. The monoisotopic (exact) mass is 367 g/mol. The fraction of sp³-hybridized carbons (Fsp3) is 0.391. The maximum atomic E-state index is 10.5. The summed E-state index contributed by atoms with van der Waals surface area (Å²) in [5, 5.41) is 32.1. The second-order valence-corrected chi connectivity index (χ2v) is 7.68. The number of rotatable bonds is 6. The molecular weight excluding hydrogens is 338 g/mol. The highest BCUT2D eigenvalue weighted by molar-refractivity contribution is 6.13. The molecule has 0 fully saturated rings. The van der Waals surface area contributed by atoms with E-state index in [9.17, 15) is 15.3 Å². The van der Waals surface area contributed by atoms with Crippen molar-refractivity contribution in [3.05, 3.63) is 40.5 Å². The van der Waals surface area contributed by atoms with Crippen LogP contribution in [0.3, 0.4) is 0 Å². The zero-order valence-electron chi connectivity index (χ0n) is 16.6. The standard InChI is InChI=1S/C23H29NO3/c1-5-13(2)6-7-14(3)10-17-15(4)20(27)11-18-21-16(12-25)8-9-19(26)23(21)24-22(17)18/h8-11,13,24-27H,5-7,12H2,1-4H3. The van der Waals surface area contributed by atoms with E-state index in [1.165, 1.54) is 12.0 Å². The Morgan fingerprint density at radius 3 is 2.59 bits per heavy atom. The lowest BCUT2D eigenvalue weighted by Crippen LogP contribution is -1.93. The third-order valence-electron chi connectivity index (χ3n) is 5.69. The van der Waals surface area contributed by atoms with Gasteiger partial charge in [0.25, 0.3) is 0 Å². The van der Waals surface area contributed by atoms with Gasteiger partial charge in [0, 0.05) is 21.9 Å². The number of aliphatic hydroxyl groups excluding tert-OH is 1. The molecule has 4 heteroatoms. The summed E-state index contributed by atoms with van der Waals surface area (Å²) in [4.78, 5) is 3.32. The number of aliphatic hydroxyl groups is 1. The summed E-state index contributed by atoms with van der Waals surface area (Å²) in [5.41, 5.74) is 5.19. The van der Waals surface area contributed by atoms with E-state index in [1.54, 1.807) is 18.2 Å². The number of phenols is 2. The number of allylic oxidation sites excluding steroid dienone is 1. The van der Waals surface area contributed by atoms with Crippen LogP contribution in [-0.2, 0) is 6.61 Å². The van der Waals surface area contributed by atoms with E-state index in [0.717, 1.165) is 45.8 Å². The van der Waals surface area contributed by atoms with Crippen LogP contribution in [0.4, 0.5) is 0 Å². The molecule has 0 bridgehead atoms. The Kier molecular flexibility index (Phi) is 5.47. The van der Waals surface area contributed by atoms with Gasteiger partial charge in [-0.05, 0) is 50.3 Å². The lowest BCUT2D eigenvalue weighted by atomic mass is 9.96. The number of H-pyrrole nitrogens is 1. The number of hydrogen-bond donors (Lipinski definition) is 4. The molecule has 144 valence electrons. The number of aromatic hydroxyl groups is 2. The van der Waals surface area contributed by atoms with Crippen molar-refractivity contribution in [3.8, 4) is 11.5 Å². The molecule has 0 radical (unpaired) electrons. The number of fused-ring (bicyclic) bond motifs is 3. The fourth-order valence-electron chi connectivity index (χ4n) is 3.62. The lowest BCUT2D eigenvalue weighted by molar-refractivity contribution is 0.283. The molecule has 0 saturated carbocycles. The molecule has 0 aliphatic carbocycles. The molecule has 0 aliphatic rings. The second-order valence-electron chi connectivity index (χ2n) is 7.68. The third kappa shape index (κ3) is 3.54. The normalized spacial score (nSPS) is 13.6. The van der Waals surface area contributed by atoms with E-state index in [1.807, 2.05) is 6.92 Å². The van der Waals surface area contributed by atoms with E-state index >= 15 is 0 Å². The van der Waals surface area contributed by atoms with Gasteiger partial charge < -0.3 is 20.3 Å². The summed E-state index contributed by atoms with van der Waals surface area (Å²) in [6.45, 7) is 8.37. The topological polar surface area (TPSA) is 76.5 Å². The quantitative estimate of drug-likeness (QED) is 0.447. The largest absolute Gasteiger partial charge is 0.508 e. The highest BCUT2D eigenvalue weighted by atomic mass is 16.3. The van der Waals surface area contributed by atoms with Crippen LogP contribution in [0.5, 0.6) is 11.5 Å². The minimum Gasteiger partial charge on any atom is -0.508 e. The Balaban J connectivity index is 2.22. The van der Waals surface area contributed by atoms with Crippen molar-refractivity contribution in [2.75, 3.05) is 0 Å². The number of benzene rings is 2. The summed E-state index contributed by atoms with van der Waals surface area (Å²) in [6.07, 6.45) is 5.46. The van der Waals surface area contributed by atoms with E-state index in [2.05, 4.69) is 31.8 Å². The van der Waals surface area contributed by atoms with Crippen molar-refractivity contribution >= 4 is 27.9 Å². The van der Waals surface area contributed by atoms with Crippen LogP contribution >= 0.6 is 0 Å². The molecule has 4 nitrogen and oxygen atoms in total. The van der Waals surface area contributed by atoms with Gasteiger partial charge in [-0.3, -0.25) is 0 Å². The number of aromatic amines is 1. The molecule has 3 aromatic rings. The molecule has 1 heterocycles. The number of nitrogens with one attached hydrogen (secondary N) is 1. The van der Waals surface area contributed by atoms with Gasteiger partial charge in [0.1, 0.15) is 11.5 Å². The summed E-state index contributed by atoms with van der Waals surface area (Å²) in [5.74, 6) is 1.05. The molecule has 0 amide bonds. The van der Waals surface area contributed by atoms with Crippen molar-refractivity contribution in [1.29, 1.82) is 0 Å². The lowest BCUT2D eigenvalue weighted by Gasteiger charge is -2.10. The fourth-order valence-corrected chi connectivity index (χ4v) is 3.62. The smallest absolute Gasteiger partial charge is 0.139 e. The first-order valence-electron chi connectivity index (χ1n) is 9.64. The van der Waals surface area contributed by atoms with E-state index in [4.69, 9.17) is 0 Å². The molecule has 0 aliphatic heterocycles. The minimum atomic E-state index is -0.128. The van der Waals surface area contributed by atoms with Crippen molar-refractivity contribution in [2.45, 2.75) is 53.6 Å².